The maximum Gasteiger partial charge on any atom is 0.303 e. The van der Waals surface area contributed by atoms with Crippen LogP contribution in [0.25, 0.3) is 0 Å². The van der Waals surface area contributed by atoms with Gasteiger partial charge in [-0.05, 0) is 36.2 Å². The smallest absolute Gasteiger partial charge is 0.303 e. The summed E-state index contributed by atoms with van der Waals surface area (Å²) in [7, 11) is 0. The predicted molar refractivity (Wildman–Crippen MR) is 94.2 cm³/mol. The van der Waals surface area contributed by atoms with E-state index in [9.17, 15) is 14.4 Å². The zero-order valence-electron chi connectivity index (χ0n) is 13.7. The van der Waals surface area contributed by atoms with Crippen LogP contribution in [-0.2, 0) is 16.1 Å². The molecule has 6 heteroatoms. The van der Waals surface area contributed by atoms with Gasteiger partial charge in [0, 0.05) is 30.6 Å². The van der Waals surface area contributed by atoms with Gasteiger partial charge in [0.25, 0.3) is 5.91 Å². The van der Waals surface area contributed by atoms with Crippen molar-refractivity contribution in [1.29, 1.82) is 0 Å². The van der Waals surface area contributed by atoms with E-state index in [1.165, 1.54) is 0 Å². The highest BCUT2D eigenvalue weighted by molar-refractivity contribution is 5.95. The Kier molecular flexibility index (Phi) is 6.71. The summed E-state index contributed by atoms with van der Waals surface area (Å²) >= 11 is 0. The fourth-order valence-electron chi connectivity index (χ4n) is 2.21. The first-order chi connectivity index (χ1) is 12.0. The predicted octanol–water partition coefficient (Wildman–Crippen LogP) is 2.81. The molecule has 0 radical (unpaired) electrons. The summed E-state index contributed by atoms with van der Waals surface area (Å²) in [5.74, 6) is -1.36. The molecule has 0 atom stereocenters. The minimum absolute atomic E-state index is 0.0338. The summed E-state index contributed by atoms with van der Waals surface area (Å²) in [6.07, 6.45) is 0.403. The lowest BCUT2D eigenvalue weighted by atomic mass is 10.1. The van der Waals surface area contributed by atoms with Gasteiger partial charge in [-0.15, -0.1) is 0 Å². The van der Waals surface area contributed by atoms with E-state index in [0.717, 1.165) is 5.56 Å². The minimum atomic E-state index is -0.918. The first-order valence-corrected chi connectivity index (χ1v) is 7.98. The Morgan fingerprint density at radius 1 is 0.880 bits per heavy atom. The fraction of sp³-hybridized carbons (Fsp3) is 0.211. The van der Waals surface area contributed by atoms with E-state index in [-0.39, 0.29) is 24.7 Å². The number of carbonyl (C=O) groups is 3. The van der Waals surface area contributed by atoms with Crippen molar-refractivity contribution in [2.24, 2.45) is 0 Å². The number of aliphatic carboxylic acids is 1. The first-order valence-electron chi connectivity index (χ1n) is 7.98. The molecule has 6 nitrogen and oxygen atoms in total. The standard InChI is InChI=1S/C19H20N2O4/c22-17(7-4-8-18(23)24)21-16-11-9-15(10-12-16)19(25)20-13-14-5-2-1-3-6-14/h1-3,5-6,9-12H,4,7-8,13H2,(H,20,25)(H,21,22)(H,23,24). The van der Waals surface area contributed by atoms with E-state index >= 15 is 0 Å². The summed E-state index contributed by atoms with van der Waals surface area (Å²) in [4.78, 5) is 34.2. The number of anilines is 1. The highest BCUT2D eigenvalue weighted by Gasteiger charge is 2.07. The molecule has 0 unspecified atom stereocenters. The highest BCUT2D eigenvalue weighted by Crippen LogP contribution is 2.11. The largest absolute Gasteiger partial charge is 0.481 e. The van der Waals surface area contributed by atoms with E-state index in [1.54, 1.807) is 24.3 Å². The van der Waals surface area contributed by atoms with Crippen LogP contribution in [0, 0.1) is 0 Å². The van der Waals surface area contributed by atoms with Crippen molar-refractivity contribution < 1.29 is 19.5 Å². The van der Waals surface area contributed by atoms with E-state index < -0.39 is 5.97 Å². The molecule has 130 valence electrons. The maximum absolute atomic E-state index is 12.1. The number of carboxylic acids is 1. The third-order valence-corrected chi connectivity index (χ3v) is 3.52. The lowest BCUT2D eigenvalue weighted by Gasteiger charge is -2.07. The molecule has 0 spiro atoms. The Balaban J connectivity index is 1.81. The molecule has 0 saturated carbocycles. The number of hydrogen-bond acceptors (Lipinski definition) is 3. The summed E-state index contributed by atoms with van der Waals surface area (Å²) in [5.41, 5.74) is 2.08. The van der Waals surface area contributed by atoms with Gasteiger partial charge in [-0.1, -0.05) is 30.3 Å². The van der Waals surface area contributed by atoms with Crippen molar-refractivity contribution in [1.82, 2.24) is 5.32 Å². The fourth-order valence-corrected chi connectivity index (χ4v) is 2.21. The second-order valence-corrected chi connectivity index (χ2v) is 5.54. The molecule has 2 aromatic rings. The van der Waals surface area contributed by atoms with Crippen molar-refractivity contribution in [2.45, 2.75) is 25.8 Å². The van der Waals surface area contributed by atoms with Gasteiger partial charge < -0.3 is 15.7 Å². The van der Waals surface area contributed by atoms with Crippen LogP contribution in [-0.4, -0.2) is 22.9 Å². The molecular weight excluding hydrogens is 320 g/mol. The van der Waals surface area contributed by atoms with Crippen molar-refractivity contribution in [3.8, 4) is 0 Å². The summed E-state index contributed by atoms with van der Waals surface area (Å²) in [5, 5.41) is 14.1. The van der Waals surface area contributed by atoms with Crippen molar-refractivity contribution in [2.75, 3.05) is 5.32 Å². The zero-order chi connectivity index (χ0) is 18.1. The number of amides is 2. The Morgan fingerprint density at radius 3 is 2.20 bits per heavy atom. The number of hydrogen-bond donors (Lipinski definition) is 3. The van der Waals surface area contributed by atoms with Gasteiger partial charge in [0.1, 0.15) is 0 Å². The summed E-state index contributed by atoms with van der Waals surface area (Å²) < 4.78 is 0. The monoisotopic (exact) mass is 340 g/mol. The number of carboxylic acid groups (broad SMARTS) is 1. The molecular formula is C19H20N2O4. The SMILES string of the molecule is O=C(O)CCCC(=O)Nc1ccc(C(=O)NCc2ccccc2)cc1. The topological polar surface area (TPSA) is 95.5 Å². The second-order valence-electron chi connectivity index (χ2n) is 5.54. The van der Waals surface area contributed by atoms with Gasteiger partial charge in [-0.3, -0.25) is 14.4 Å². The van der Waals surface area contributed by atoms with Gasteiger partial charge in [-0.2, -0.15) is 0 Å². The lowest BCUT2D eigenvalue weighted by molar-refractivity contribution is -0.137. The molecule has 0 bridgehead atoms. The molecule has 25 heavy (non-hydrogen) atoms. The Hall–Kier alpha value is -3.15. The Bertz CT molecular complexity index is 727. The Morgan fingerprint density at radius 2 is 1.56 bits per heavy atom. The summed E-state index contributed by atoms with van der Waals surface area (Å²) in [6, 6.07) is 16.2. The number of benzene rings is 2. The quantitative estimate of drug-likeness (QED) is 0.688. The van der Waals surface area contributed by atoms with Crippen molar-refractivity contribution in [3.63, 3.8) is 0 Å². The third-order valence-electron chi connectivity index (χ3n) is 3.52. The van der Waals surface area contributed by atoms with Crippen LogP contribution < -0.4 is 10.6 Å². The van der Waals surface area contributed by atoms with Gasteiger partial charge in [0.15, 0.2) is 0 Å². The van der Waals surface area contributed by atoms with E-state index in [1.807, 2.05) is 30.3 Å². The van der Waals surface area contributed by atoms with Crippen LogP contribution >= 0.6 is 0 Å². The van der Waals surface area contributed by atoms with E-state index in [2.05, 4.69) is 10.6 Å². The van der Waals surface area contributed by atoms with Crippen LogP contribution in [0.2, 0.25) is 0 Å². The third kappa shape index (κ3) is 6.47. The second kappa shape index (κ2) is 9.22. The molecule has 0 aliphatic heterocycles. The normalized spacial score (nSPS) is 10.1. The molecule has 0 fully saturated rings. The molecule has 0 aliphatic carbocycles. The van der Waals surface area contributed by atoms with Crippen LogP contribution in [0.4, 0.5) is 5.69 Å². The first kappa shape index (κ1) is 18.2. The molecule has 0 aromatic heterocycles. The highest BCUT2D eigenvalue weighted by atomic mass is 16.4. The van der Waals surface area contributed by atoms with Gasteiger partial charge in [0.2, 0.25) is 5.91 Å². The number of carbonyl (C=O) groups excluding carboxylic acids is 2. The zero-order valence-corrected chi connectivity index (χ0v) is 13.7. The van der Waals surface area contributed by atoms with Gasteiger partial charge in [0.05, 0.1) is 0 Å². The summed E-state index contributed by atoms with van der Waals surface area (Å²) in [6.45, 7) is 0.446. The molecule has 2 rings (SSSR count). The average Bonchev–Trinajstić information content (AvgIpc) is 2.61. The van der Waals surface area contributed by atoms with Gasteiger partial charge in [-0.25, -0.2) is 0 Å². The molecule has 0 saturated heterocycles. The average molecular weight is 340 g/mol. The van der Waals surface area contributed by atoms with Crippen LogP contribution in [0.5, 0.6) is 0 Å². The van der Waals surface area contributed by atoms with E-state index in [4.69, 9.17) is 5.11 Å². The molecule has 2 amide bonds. The van der Waals surface area contributed by atoms with Crippen LogP contribution in [0.3, 0.4) is 0 Å². The van der Waals surface area contributed by atoms with Crippen molar-refractivity contribution in [3.05, 3.63) is 65.7 Å². The van der Waals surface area contributed by atoms with Gasteiger partial charge >= 0.3 is 5.97 Å². The number of nitrogens with one attached hydrogen (secondary N) is 2. The molecule has 2 aromatic carbocycles. The van der Waals surface area contributed by atoms with Crippen molar-refractivity contribution >= 4 is 23.5 Å². The van der Waals surface area contributed by atoms with E-state index in [0.29, 0.717) is 24.2 Å². The molecule has 0 heterocycles. The van der Waals surface area contributed by atoms with Crippen LogP contribution in [0.15, 0.2) is 54.6 Å². The molecule has 0 aliphatic rings. The molecule has 3 N–H and O–H groups in total. The lowest BCUT2D eigenvalue weighted by Crippen LogP contribution is -2.22. The maximum atomic E-state index is 12.1. The Labute approximate surface area is 145 Å². The minimum Gasteiger partial charge on any atom is -0.481 e. The number of rotatable bonds is 8. The van der Waals surface area contributed by atoms with Crippen LogP contribution in [0.1, 0.15) is 35.2 Å².